The first-order valence-electron chi connectivity index (χ1n) is 6.33. The van der Waals surface area contributed by atoms with Gasteiger partial charge in [-0.15, -0.1) is 0 Å². The summed E-state index contributed by atoms with van der Waals surface area (Å²) in [6.07, 6.45) is 1.51. The normalized spacial score (nSPS) is 11.7. The number of rotatable bonds is 6. The van der Waals surface area contributed by atoms with Crippen LogP contribution in [0.3, 0.4) is 0 Å². The lowest BCUT2D eigenvalue weighted by atomic mass is 10.1. The van der Waals surface area contributed by atoms with E-state index >= 15 is 0 Å². The van der Waals surface area contributed by atoms with Crippen molar-refractivity contribution in [3.05, 3.63) is 24.0 Å². The Morgan fingerprint density at radius 3 is 2.12 bits per heavy atom. The van der Waals surface area contributed by atoms with Gasteiger partial charge in [0, 0.05) is 19.6 Å². The lowest BCUT2D eigenvalue weighted by molar-refractivity contribution is 0.209. The van der Waals surface area contributed by atoms with Gasteiger partial charge in [0.15, 0.2) is 0 Å². The van der Waals surface area contributed by atoms with Gasteiger partial charge in [0.1, 0.15) is 5.75 Å². The third kappa shape index (κ3) is 5.68. The molecule has 0 saturated heterocycles. The van der Waals surface area contributed by atoms with Gasteiger partial charge in [0.2, 0.25) is 0 Å². The maximum Gasteiger partial charge on any atom is 0.133 e. The molecule has 17 heavy (non-hydrogen) atoms. The first-order chi connectivity index (χ1) is 7.97. The fourth-order valence-electron chi connectivity index (χ4n) is 1.98. The Morgan fingerprint density at radius 1 is 1.12 bits per heavy atom. The van der Waals surface area contributed by atoms with Crippen LogP contribution in [-0.2, 0) is 6.54 Å². The van der Waals surface area contributed by atoms with E-state index in [1.165, 1.54) is 6.20 Å². The van der Waals surface area contributed by atoms with E-state index in [4.69, 9.17) is 0 Å². The van der Waals surface area contributed by atoms with E-state index in [9.17, 15) is 5.11 Å². The second-order valence-electron chi connectivity index (χ2n) is 5.49. The Labute approximate surface area is 104 Å². The molecule has 1 N–H and O–H groups in total. The van der Waals surface area contributed by atoms with Gasteiger partial charge in [0.25, 0.3) is 0 Å². The van der Waals surface area contributed by atoms with Gasteiger partial charge in [0.05, 0.1) is 11.9 Å². The molecule has 0 aliphatic rings. The summed E-state index contributed by atoms with van der Waals surface area (Å²) in [5, 5.41) is 9.21. The van der Waals surface area contributed by atoms with E-state index in [0.29, 0.717) is 11.8 Å². The van der Waals surface area contributed by atoms with Crippen molar-refractivity contribution in [1.29, 1.82) is 0 Å². The molecule has 3 nitrogen and oxygen atoms in total. The average molecular weight is 236 g/mol. The van der Waals surface area contributed by atoms with Gasteiger partial charge in [-0.25, -0.2) is 0 Å². The first kappa shape index (κ1) is 14.0. The maximum absolute atomic E-state index is 9.21. The third-order valence-electron chi connectivity index (χ3n) is 2.44. The van der Waals surface area contributed by atoms with E-state index in [2.05, 4.69) is 37.6 Å². The molecule has 0 aliphatic heterocycles. The summed E-state index contributed by atoms with van der Waals surface area (Å²) < 4.78 is 0. The number of aromatic hydroxyl groups is 1. The third-order valence-corrected chi connectivity index (χ3v) is 2.44. The van der Waals surface area contributed by atoms with Crippen LogP contribution in [-0.4, -0.2) is 28.1 Å². The van der Waals surface area contributed by atoms with Gasteiger partial charge in [-0.1, -0.05) is 27.7 Å². The van der Waals surface area contributed by atoms with Gasteiger partial charge in [-0.05, 0) is 24.0 Å². The van der Waals surface area contributed by atoms with Crippen molar-refractivity contribution in [1.82, 2.24) is 9.88 Å². The van der Waals surface area contributed by atoms with Crippen molar-refractivity contribution >= 4 is 0 Å². The van der Waals surface area contributed by atoms with Gasteiger partial charge in [-0.2, -0.15) is 0 Å². The van der Waals surface area contributed by atoms with E-state index in [0.717, 1.165) is 25.3 Å². The zero-order valence-corrected chi connectivity index (χ0v) is 11.3. The Kier molecular flexibility index (Phi) is 5.42. The highest BCUT2D eigenvalue weighted by Gasteiger charge is 2.10. The van der Waals surface area contributed by atoms with Crippen molar-refractivity contribution in [2.24, 2.45) is 11.8 Å². The molecular formula is C14H24N2O. The number of aromatic nitrogens is 1. The number of hydrogen-bond acceptors (Lipinski definition) is 3. The molecule has 0 bridgehead atoms. The fourth-order valence-corrected chi connectivity index (χ4v) is 1.98. The maximum atomic E-state index is 9.21. The van der Waals surface area contributed by atoms with Crippen molar-refractivity contribution in [3.63, 3.8) is 0 Å². The molecule has 0 aromatic carbocycles. The Balaban J connectivity index is 2.61. The van der Waals surface area contributed by atoms with Crippen LogP contribution in [0.1, 0.15) is 33.4 Å². The molecule has 0 saturated carbocycles. The standard InChI is InChI=1S/C14H24N2O/c1-11(2)8-16(9-12(3)4)10-13-5-6-14(17)7-15-13/h5-7,11-12,17H,8-10H2,1-4H3. The van der Waals surface area contributed by atoms with E-state index in [1.807, 2.05) is 6.07 Å². The van der Waals surface area contributed by atoms with Crippen LogP contribution < -0.4 is 0 Å². The van der Waals surface area contributed by atoms with Crippen molar-refractivity contribution in [2.75, 3.05) is 13.1 Å². The highest BCUT2D eigenvalue weighted by molar-refractivity contribution is 5.17. The summed E-state index contributed by atoms with van der Waals surface area (Å²) in [5.74, 6) is 1.55. The van der Waals surface area contributed by atoms with Crippen LogP contribution in [0.15, 0.2) is 18.3 Å². The molecule has 0 aliphatic carbocycles. The predicted molar refractivity (Wildman–Crippen MR) is 70.9 cm³/mol. The minimum atomic E-state index is 0.230. The van der Waals surface area contributed by atoms with Crippen LogP contribution in [0.25, 0.3) is 0 Å². The summed E-state index contributed by atoms with van der Waals surface area (Å²) in [6, 6.07) is 3.59. The minimum absolute atomic E-state index is 0.230. The van der Waals surface area contributed by atoms with Crippen molar-refractivity contribution in [3.8, 4) is 5.75 Å². The monoisotopic (exact) mass is 236 g/mol. The largest absolute Gasteiger partial charge is 0.506 e. The number of hydrogen-bond donors (Lipinski definition) is 1. The molecule has 1 aromatic rings. The first-order valence-corrected chi connectivity index (χ1v) is 6.33. The summed E-state index contributed by atoms with van der Waals surface area (Å²) in [6.45, 7) is 12.0. The predicted octanol–water partition coefficient (Wildman–Crippen LogP) is 2.90. The summed E-state index contributed by atoms with van der Waals surface area (Å²) >= 11 is 0. The fraction of sp³-hybridized carbons (Fsp3) is 0.643. The van der Waals surface area contributed by atoms with Gasteiger partial charge >= 0.3 is 0 Å². The molecule has 0 spiro atoms. The lowest BCUT2D eigenvalue weighted by Crippen LogP contribution is -2.31. The molecule has 1 aromatic heterocycles. The second-order valence-corrected chi connectivity index (χ2v) is 5.49. The van der Waals surface area contributed by atoms with Gasteiger partial charge < -0.3 is 5.11 Å². The van der Waals surface area contributed by atoms with Crippen molar-refractivity contribution in [2.45, 2.75) is 34.2 Å². The Hall–Kier alpha value is -1.09. The molecule has 0 fully saturated rings. The van der Waals surface area contributed by atoms with E-state index in [-0.39, 0.29) is 5.75 Å². The lowest BCUT2D eigenvalue weighted by Gasteiger charge is -2.25. The molecule has 1 rings (SSSR count). The van der Waals surface area contributed by atoms with E-state index < -0.39 is 0 Å². The molecule has 0 radical (unpaired) electrons. The molecule has 0 unspecified atom stereocenters. The molecule has 96 valence electrons. The van der Waals surface area contributed by atoms with Crippen LogP contribution in [0.2, 0.25) is 0 Å². The molecule has 0 atom stereocenters. The van der Waals surface area contributed by atoms with Crippen LogP contribution in [0.4, 0.5) is 0 Å². The summed E-state index contributed by atoms with van der Waals surface area (Å²) in [5.41, 5.74) is 1.02. The molecular weight excluding hydrogens is 212 g/mol. The smallest absolute Gasteiger partial charge is 0.133 e. The number of pyridine rings is 1. The number of nitrogens with zero attached hydrogens (tertiary/aromatic N) is 2. The Bertz CT molecular complexity index is 309. The molecule has 3 heteroatoms. The van der Waals surface area contributed by atoms with Crippen LogP contribution in [0, 0.1) is 11.8 Å². The topological polar surface area (TPSA) is 36.4 Å². The molecule has 0 amide bonds. The summed E-state index contributed by atoms with van der Waals surface area (Å²) in [7, 11) is 0. The molecule has 1 heterocycles. The van der Waals surface area contributed by atoms with E-state index in [1.54, 1.807) is 6.07 Å². The Morgan fingerprint density at radius 2 is 1.71 bits per heavy atom. The van der Waals surface area contributed by atoms with Gasteiger partial charge in [-0.3, -0.25) is 9.88 Å². The van der Waals surface area contributed by atoms with Crippen LogP contribution >= 0.6 is 0 Å². The van der Waals surface area contributed by atoms with Crippen LogP contribution in [0.5, 0.6) is 5.75 Å². The van der Waals surface area contributed by atoms with Crippen molar-refractivity contribution < 1.29 is 5.11 Å². The zero-order valence-electron chi connectivity index (χ0n) is 11.3. The summed E-state index contributed by atoms with van der Waals surface area (Å²) in [4.78, 5) is 6.67. The highest BCUT2D eigenvalue weighted by Crippen LogP contribution is 2.11. The minimum Gasteiger partial charge on any atom is -0.506 e. The second kappa shape index (κ2) is 6.60. The highest BCUT2D eigenvalue weighted by atomic mass is 16.3. The SMILES string of the molecule is CC(C)CN(Cc1ccc(O)cn1)CC(C)C. The average Bonchev–Trinajstić information content (AvgIpc) is 2.19. The zero-order chi connectivity index (χ0) is 12.8. The quantitative estimate of drug-likeness (QED) is 0.825.